The van der Waals surface area contributed by atoms with E-state index >= 15 is 0 Å². The third-order valence-electron chi connectivity index (χ3n) is 3.35. The predicted octanol–water partition coefficient (Wildman–Crippen LogP) is 0.992. The van der Waals surface area contributed by atoms with Gasteiger partial charge in [0.05, 0.1) is 5.69 Å². The van der Waals surface area contributed by atoms with Gasteiger partial charge in [-0.05, 0) is 20.3 Å². The minimum absolute atomic E-state index is 0. The van der Waals surface area contributed by atoms with Crippen molar-refractivity contribution in [3.05, 3.63) is 17.0 Å². The number of aryl methyl sites for hydroxylation is 2. The Labute approximate surface area is 103 Å². The molecule has 0 spiro atoms. The van der Waals surface area contributed by atoms with Gasteiger partial charge in [0, 0.05) is 44.0 Å². The fourth-order valence-corrected chi connectivity index (χ4v) is 2.28. The lowest BCUT2D eigenvalue weighted by atomic mass is 10.2. The summed E-state index contributed by atoms with van der Waals surface area (Å²) in [7, 11) is 2.00. The van der Waals surface area contributed by atoms with E-state index in [0.29, 0.717) is 6.04 Å². The lowest BCUT2D eigenvalue weighted by Gasteiger charge is -2.15. The lowest BCUT2D eigenvalue weighted by molar-refractivity contribution is 0.325. The van der Waals surface area contributed by atoms with Crippen LogP contribution in [0.1, 0.15) is 23.4 Å². The van der Waals surface area contributed by atoms with E-state index in [0.717, 1.165) is 31.7 Å². The first-order chi connectivity index (χ1) is 7.08. The normalized spacial score (nSPS) is 21.1. The second-order valence-corrected chi connectivity index (χ2v) is 4.56. The summed E-state index contributed by atoms with van der Waals surface area (Å²) in [4.78, 5) is 2.42. The molecule has 1 aliphatic heterocycles. The van der Waals surface area contributed by atoms with Crippen LogP contribution in [0, 0.1) is 13.8 Å². The average Bonchev–Trinajstić information content (AvgIpc) is 2.67. The molecule has 4 nitrogen and oxygen atoms in total. The van der Waals surface area contributed by atoms with Gasteiger partial charge in [0.1, 0.15) is 0 Å². The van der Waals surface area contributed by atoms with Crippen LogP contribution in [-0.4, -0.2) is 33.8 Å². The number of likely N-dealkylation sites (tertiary alicyclic amines) is 1. The van der Waals surface area contributed by atoms with Gasteiger partial charge >= 0.3 is 0 Å². The van der Waals surface area contributed by atoms with Gasteiger partial charge in [0.2, 0.25) is 0 Å². The smallest absolute Gasteiger partial charge is 0.0641 e. The highest BCUT2D eigenvalue weighted by Crippen LogP contribution is 2.17. The molecule has 16 heavy (non-hydrogen) atoms. The highest BCUT2D eigenvalue weighted by molar-refractivity contribution is 5.85. The molecule has 92 valence electrons. The molecule has 1 saturated heterocycles. The van der Waals surface area contributed by atoms with Crippen LogP contribution in [-0.2, 0) is 13.6 Å². The van der Waals surface area contributed by atoms with E-state index in [2.05, 4.69) is 23.8 Å². The monoisotopic (exact) mass is 244 g/mol. The van der Waals surface area contributed by atoms with Gasteiger partial charge in [0.25, 0.3) is 0 Å². The highest BCUT2D eigenvalue weighted by atomic mass is 35.5. The Hall–Kier alpha value is -0.580. The van der Waals surface area contributed by atoms with Crippen molar-refractivity contribution in [2.75, 3.05) is 13.1 Å². The van der Waals surface area contributed by atoms with E-state index in [-0.39, 0.29) is 12.4 Å². The Morgan fingerprint density at radius 2 is 2.12 bits per heavy atom. The van der Waals surface area contributed by atoms with Gasteiger partial charge in [-0.3, -0.25) is 9.58 Å². The molecule has 0 amide bonds. The molecule has 0 aliphatic carbocycles. The first kappa shape index (κ1) is 13.5. The molecule has 1 aromatic heterocycles. The number of nitrogens with two attached hydrogens (primary N) is 1. The Morgan fingerprint density at radius 1 is 1.44 bits per heavy atom. The largest absolute Gasteiger partial charge is 0.326 e. The second-order valence-electron chi connectivity index (χ2n) is 4.56. The molecule has 1 aromatic rings. The van der Waals surface area contributed by atoms with E-state index in [9.17, 15) is 0 Å². The van der Waals surface area contributed by atoms with Crippen LogP contribution in [0.4, 0.5) is 0 Å². The van der Waals surface area contributed by atoms with Crippen molar-refractivity contribution in [3.63, 3.8) is 0 Å². The number of hydrogen-bond acceptors (Lipinski definition) is 3. The van der Waals surface area contributed by atoms with Crippen molar-refractivity contribution in [2.24, 2.45) is 12.8 Å². The number of nitrogens with zero attached hydrogens (tertiary/aromatic N) is 3. The zero-order chi connectivity index (χ0) is 11.0. The zero-order valence-electron chi connectivity index (χ0n) is 10.2. The van der Waals surface area contributed by atoms with Crippen LogP contribution in [0.25, 0.3) is 0 Å². The summed E-state index contributed by atoms with van der Waals surface area (Å²) in [6, 6.07) is 0.363. The Balaban J connectivity index is 0.00000128. The first-order valence-electron chi connectivity index (χ1n) is 5.55. The SMILES string of the molecule is Cc1nn(C)c(C)c1CN1CC[C@H](N)C1.Cl. The van der Waals surface area contributed by atoms with Crippen molar-refractivity contribution in [1.29, 1.82) is 0 Å². The first-order valence-corrected chi connectivity index (χ1v) is 5.55. The van der Waals surface area contributed by atoms with Gasteiger partial charge in [-0.2, -0.15) is 5.10 Å². The van der Waals surface area contributed by atoms with Crippen LogP contribution in [0.5, 0.6) is 0 Å². The van der Waals surface area contributed by atoms with E-state index in [1.165, 1.54) is 11.3 Å². The fourth-order valence-electron chi connectivity index (χ4n) is 2.28. The van der Waals surface area contributed by atoms with Crippen LogP contribution in [0.3, 0.4) is 0 Å². The van der Waals surface area contributed by atoms with Gasteiger partial charge in [-0.25, -0.2) is 0 Å². The van der Waals surface area contributed by atoms with Crippen LogP contribution < -0.4 is 5.73 Å². The van der Waals surface area contributed by atoms with Crippen molar-refractivity contribution < 1.29 is 0 Å². The number of rotatable bonds is 2. The summed E-state index contributed by atoms with van der Waals surface area (Å²) >= 11 is 0. The van der Waals surface area contributed by atoms with E-state index in [1.807, 2.05) is 11.7 Å². The molecule has 0 bridgehead atoms. The third kappa shape index (κ3) is 2.56. The summed E-state index contributed by atoms with van der Waals surface area (Å²) in [6.07, 6.45) is 1.12. The van der Waals surface area contributed by atoms with Crippen LogP contribution >= 0.6 is 12.4 Å². The highest BCUT2D eigenvalue weighted by Gasteiger charge is 2.21. The zero-order valence-corrected chi connectivity index (χ0v) is 11.0. The Kier molecular flexibility index (Phi) is 4.35. The standard InChI is InChI=1S/C11H20N4.ClH/c1-8-11(9(2)14(3)13-8)7-15-5-4-10(12)6-15;/h10H,4-7,12H2,1-3H3;1H/t10-;/m0./s1. The van der Waals surface area contributed by atoms with Crippen LogP contribution in [0.2, 0.25) is 0 Å². The van der Waals surface area contributed by atoms with Crippen molar-refractivity contribution >= 4 is 12.4 Å². The van der Waals surface area contributed by atoms with Crippen molar-refractivity contribution in [2.45, 2.75) is 32.9 Å². The molecule has 1 aliphatic rings. The minimum Gasteiger partial charge on any atom is -0.326 e. The van der Waals surface area contributed by atoms with Gasteiger partial charge < -0.3 is 5.73 Å². The van der Waals surface area contributed by atoms with E-state index in [4.69, 9.17) is 5.73 Å². The molecule has 1 fully saturated rings. The van der Waals surface area contributed by atoms with E-state index < -0.39 is 0 Å². The van der Waals surface area contributed by atoms with Crippen molar-refractivity contribution in [3.8, 4) is 0 Å². The summed E-state index contributed by atoms with van der Waals surface area (Å²) in [5.74, 6) is 0. The summed E-state index contributed by atoms with van der Waals surface area (Å²) in [6.45, 7) is 7.35. The molecule has 2 rings (SSSR count). The van der Waals surface area contributed by atoms with Gasteiger partial charge in [-0.15, -0.1) is 12.4 Å². The molecule has 1 atom stereocenters. The number of hydrogen-bond donors (Lipinski definition) is 1. The van der Waals surface area contributed by atoms with Crippen molar-refractivity contribution in [1.82, 2.24) is 14.7 Å². The number of aromatic nitrogens is 2. The summed E-state index contributed by atoms with van der Waals surface area (Å²) < 4.78 is 1.96. The maximum Gasteiger partial charge on any atom is 0.0641 e. The van der Waals surface area contributed by atoms with Gasteiger partial charge in [0.15, 0.2) is 0 Å². The molecule has 0 saturated carbocycles. The van der Waals surface area contributed by atoms with Gasteiger partial charge in [-0.1, -0.05) is 0 Å². The van der Waals surface area contributed by atoms with Crippen LogP contribution in [0.15, 0.2) is 0 Å². The topological polar surface area (TPSA) is 47.1 Å². The Bertz CT molecular complexity index is 361. The minimum atomic E-state index is 0. The third-order valence-corrected chi connectivity index (χ3v) is 3.35. The molecule has 2 heterocycles. The predicted molar refractivity (Wildman–Crippen MR) is 67.8 cm³/mol. The maximum absolute atomic E-state index is 5.90. The van der Waals surface area contributed by atoms with E-state index in [1.54, 1.807) is 0 Å². The maximum atomic E-state index is 5.90. The molecular weight excluding hydrogens is 224 g/mol. The molecular formula is C11H21ClN4. The molecule has 5 heteroatoms. The quantitative estimate of drug-likeness (QED) is 0.844. The lowest BCUT2D eigenvalue weighted by Crippen LogP contribution is -2.26. The molecule has 0 unspecified atom stereocenters. The molecule has 2 N–H and O–H groups in total. The Morgan fingerprint density at radius 3 is 2.56 bits per heavy atom. The average molecular weight is 245 g/mol. The second kappa shape index (κ2) is 5.17. The number of halogens is 1. The fraction of sp³-hybridized carbons (Fsp3) is 0.727. The molecule has 0 aromatic carbocycles. The molecule has 0 radical (unpaired) electrons. The summed E-state index contributed by atoms with van der Waals surface area (Å²) in [5, 5.41) is 4.43. The summed E-state index contributed by atoms with van der Waals surface area (Å²) in [5.41, 5.74) is 9.68.